The Balaban J connectivity index is 1.28. The molecule has 3 rings (SSSR count). The Kier molecular flexibility index (Phi) is 6.13. The van der Waals surface area contributed by atoms with Crippen molar-refractivity contribution in [2.75, 3.05) is 32.8 Å². The number of ether oxygens (including phenoxy) is 1. The van der Waals surface area contributed by atoms with Gasteiger partial charge in [-0.1, -0.05) is 36.8 Å². The van der Waals surface area contributed by atoms with Gasteiger partial charge in [-0.05, 0) is 49.5 Å². The number of likely N-dealkylation sites (tertiary alicyclic amines) is 1. The fourth-order valence-corrected chi connectivity index (χ4v) is 3.90. The van der Waals surface area contributed by atoms with Gasteiger partial charge in [0, 0.05) is 32.8 Å². The first kappa shape index (κ1) is 17.3. The van der Waals surface area contributed by atoms with Gasteiger partial charge in [0.05, 0.1) is 0 Å². The standard InChI is InChI=1S/C20H30N2O2/c23-19(22-14-10-20(17-22)11-15-24-16-12-20)21-13-6-2-5-9-18-7-3-1-4-8-18/h1,3-4,7-8H,2,5-6,9-17H2,(H,21,23). The minimum Gasteiger partial charge on any atom is -0.381 e. The van der Waals surface area contributed by atoms with E-state index >= 15 is 0 Å². The van der Waals surface area contributed by atoms with Gasteiger partial charge >= 0.3 is 6.03 Å². The smallest absolute Gasteiger partial charge is 0.317 e. The van der Waals surface area contributed by atoms with Crippen molar-refractivity contribution in [3.05, 3.63) is 35.9 Å². The van der Waals surface area contributed by atoms with Gasteiger partial charge in [0.25, 0.3) is 0 Å². The van der Waals surface area contributed by atoms with E-state index in [9.17, 15) is 4.79 Å². The molecule has 1 aromatic rings. The van der Waals surface area contributed by atoms with Crippen LogP contribution in [0.4, 0.5) is 4.79 Å². The van der Waals surface area contributed by atoms with Crippen molar-refractivity contribution in [3.63, 3.8) is 0 Å². The summed E-state index contributed by atoms with van der Waals surface area (Å²) in [6, 6.07) is 10.7. The highest BCUT2D eigenvalue weighted by Gasteiger charge is 2.40. The molecule has 132 valence electrons. The van der Waals surface area contributed by atoms with Crippen molar-refractivity contribution in [1.29, 1.82) is 0 Å². The van der Waals surface area contributed by atoms with Crippen LogP contribution < -0.4 is 5.32 Å². The highest BCUT2D eigenvalue weighted by atomic mass is 16.5. The van der Waals surface area contributed by atoms with E-state index in [0.717, 1.165) is 71.4 Å². The Morgan fingerprint density at radius 1 is 1.08 bits per heavy atom. The maximum Gasteiger partial charge on any atom is 0.317 e. The van der Waals surface area contributed by atoms with E-state index < -0.39 is 0 Å². The molecular weight excluding hydrogens is 300 g/mol. The van der Waals surface area contributed by atoms with Crippen LogP contribution in [0, 0.1) is 5.41 Å². The Bertz CT molecular complexity index is 512. The van der Waals surface area contributed by atoms with E-state index in [1.165, 1.54) is 12.0 Å². The Morgan fingerprint density at radius 3 is 2.67 bits per heavy atom. The Hall–Kier alpha value is -1.55. The van der Waals surface area contributed by atoms with Gasteiger partial charge in [0.15, 0.2) is 0 Å². The van der Waals surface area contributed by atoms with Crippen molar-refractivity contribution in [1.82, 2.24) is 10.2 Å². The lowest BCUT2D eigenvalue weighted by molar-refractivity contribution is 0.0209. The summed E-state index contributed by atoms with van der Waals surface area (Å²) in [4.78, 5) is 14.3. The molecule has 0 bridgehead atoms. The first-order valence-corrected chi connectivity index (χ1v) is 9.42. The number of amides is 2. The van der Waals surface area contributed by atoms with Crippen LogP contribution in [0.15, 0.2) is 30.3 Å². The Labute approximate surface area is 145 Å². The van der Waals surface area contributed by atoms with E-state index in [2.05, 4.69) is 35.6 Å². The summed E-state index contributed by atoms with van der Waals surface area (Å²) >= 11 is 0. The lowest BCUT2D eigenvalue weighted by Crippen LogP contribution is -2.41. The second-order valence-electron chi connectivity index (χ2n) is 7.31. The lowest BCUT2D eigenvalue weighted by Gasteiger charge is -2.33. The molecule has 24 heavy (non-hydrogen) atoms. The van der Waals surface area contributed by atoms with Gasteiger partial charge in [0.1, 0.15) is 0 Å². The average molecular weight is 330 g/mol. The zero-order valence-electron chi connectivity index (χ0n) is 14.6. The summed E-state index contributed by atoms with van der Waals surface area (Å²) in [5.74, 6) is 0. The highest BCUT2D eigenvalue weighted by Crippen LogP contribution is 2.39. The summed E-state index contributed by atoms with van der Waals surface area (Å²) in [6.07, 6.45) is 7.90. The van der Waals surface area contributed by atoms with Crippen LogP contribution in [0.25, 0.3) is 0 Å². The average Bonchev–Trinajstić information content (AvgIpc) is 3.03. The number of benzene rings is 1. The number of aryl methyl sites for hydroxylation is 1. The molecule has 2 amide bonds. The van der Waals surface area contributed by atoms with Crippen molar-refractivity contribution >= 4 is 6.03 Å². The van der Waals surface area contributed by atoms with E-state index in [4.69, 9.17) is 4.74 Å². The zero-order valence-corrected chi connectivity index (χ0v) is 14.6. The lowest BCUT2D eigenvalue weighted by atomic mass is 9.80. The predicted octanol–water partition coefficient (Wildman–Crippen LogP) is 3.61. The number of hydrogen-bond acceptors (Lipinski definition) is 2. The van der Waals surface area contributed by atoms with E-state index in [1.54, 1.807) is 0 Å². The summed E-state index contributed by atoms with van der Waals surface area (Å²) in [5, 5.41) is 3.10. The maximum absolute atomic E-state index is 12.3. The van der Waals surface area contributed by atoms with Crippen LogP contribution in [0.5, 0.6) is 0 Å². The third kappa shape index (κ3) is 4.73. The molecule has 4 nitrogen and oxygen atoms in total. The fraction of sp³-hybridized carbons (Fsp3) is 0.650. The largest absolute Gasteiger partial charge is 0.381 e. The molecular formula is C20H30N2O2. The molecule has 0 aromatic heterocycles. The maximum atomic E-state index is 12.3. The van der Waals surface area contributed by atoms with Crippen molar-refractivity contribution < 1.29 is 9.53 Å². The number of hydrogen-bond donors (Lipinski definition) is 1. The third-order valence-electron chi connectivity index (χ3n) is 5.54. The number of unbranched alkanes of at least 4 members (excludes halogenated alkanes) is 2. The molecule has 2 aliphatic rings. The molecule has 2 fully saturated rings. The second kappa shape index (κ2) is 8.52. The molecule has 0 radical (unpaired) electrons. The summed E-state index contributed by atoms with van der Waals surface area (Å²) in [7, 11) is 0. The molecule has 4 heteroatoms. The summed E-state index contributed by atoms with van der Waals surface area (Å²) in [5.41, 5.74) is 1.74. The molecule has 1 aromatic carbocycles. The quantitative estimate of drug-likeness (QED) is 0.810. The van der Waals surface area contributed by atoms with E-state index in [-0.39, 0.29) is 6.03 Å². The number of carbonyl (C=O) groups is 1. The van der Waals surface area contributed by atoms with Gasteiger partial charge in [-0.15, -0.1) is 0 Å². The Morgan fingerprint density at radius 2 is 1.88 bits per heavy atom. The zero-order chi connectivity index (χ0) is 16.7. The number of rotatable bonds is 6. The van der Waals surface area contributed by atoms with Crippen molar-refractivity contribution in [2.24, 2.45) is 5.41 Å². The molecule has 2 heterocycles. The molecule has 0 saturated carbocycles. The van der Waals surface area contributed by atoms with E-state index in [1.807, 2.05) is 4.90 Å². The normalized spacial score (nSPS) is 19.6. The number of carbonyl (C=O) groups excluding carboxylic acids is 1. The van der Waals surface area contributed by atoms with Gasteiger partial charge in [-0.25, -0.2) is 4.79 Å². The first-order valence-electron chi connectivity index (χ1n) is 9.42. The molecule has 2 aliphatic heterocycles. The van der Waals surface area contributed by atoms with Crippen LogP contribution >= 0.6 is 0 Å². The third-order valence-corrected chi connectivity index (χ3v) is 5.54. The highest BCUT2D eigenvalue weighted by molar-refractivity contribution is 5.74. The predicted molar refractivity (Wildman–Crippen MR) is 96.1 cm³/mol. The molecule has 0 aliphatic carbocycles. The van der Waals surface area contributed by atoms with Crippen LogP contribution in [-0.2, 0) is 11.2 Å². The molecule has 1 spiro atoms. The van der Waals surface area contributed by atoms with Gasteiger partial charge < -0.3 is 15.0 Å². The van der Waals surface area contributed by atoms with Crippen LogP contribution in [0.1, 0.15) is 44.1 Å². The summed E-state index contributed by atoms with van der Waals surface area (Å²) in [6.45, 7) is 4.32. The van der Waals surface area contributed by atoms with E-state index in [0.29, 0.717) is 5.41 Å². The molecule has 0 atom stereocenters. The molecule has 0 unspecified atom stereocenters. The second-order valence-corrected chi connectivity index (χ2v) is 7.31. The molecule has 2 saturated heterocycles. The topological polar surface area (TPSA) is 41.6 Å². The van der Waals surface area contributed by atoms with Gasteiger partial charge in [-0.2, -0.15) is 0 Å². The number of urea groups is 1. The number of nitrogens with one attached hydrogen (secondary N) is 1. The minimum atomic E-state index is 0.126. The van der Waals surface area contributed by atoms with Crippen LogP contribution in [0.3, 0.4) is 0 Å². The molecule has 1 N–H and O–H groups in total. The van der Waals surface area contributed by atoms with Crippen LogP contribution in [0.2, 0.25) is 0 Å². The van der Waals surface area contributed by atoms with Crippen LogP contribution in [-0.4, -0.2) is 43.8 Å². The SMILES string of the molecule is O=C(NCCCCCc1ccccc1)N1CCC2(CCOCC2)C1. The minimum absolute atomic E-state index is 0.126. The first-order chi connectivity index (χ1) is 11.8. The summed E-state index contributed by atoms with van der Waals surface area (Å²) < 4.78 is 5.47. The fourth-order valence-electron chi connectivity index (χ4n) is 3.90. The van der Waals surface area contributed by atoms with Crippen molar-refractivity contribution in [2.45, 2.75) is 44.9 Å². The monoisotopic (exact) mass is 330 g/mol. The van der Waals surface area contributed by atoms with Gasteiger partial charge in [0.2, 0.25) is 0 Å². The van der Waals surface area contributed by atoms with Crippen molar-refractivity contribution in [3.8, 4) is 0 Å². The number of nitrogens with zero attached hydrogens (tertiary/aromatic N) is 1. The van der Waals surface area contributed by atoms with Gasteiger partial charge in [-0.3, -0.25) is 0 Å².